The van der Waals surface area contributed by atoms with Crippen molar-refractivity contribution in [3.05, 3.63) is 53.3 Å². The van der Waals surface area contributed by atoms with Crippen LogP contribution in [0.1, 0.15) is 64.4 Å². The molecule has 5 bridgehead atoms. The summed E-state index contributed by atoms with van der Waals surface area (Å²) in [6.07, 6.45) is 3.62. The number of fused-ring (bicyclic) bond motifs is 14. The number of aliphatic hydroxyl groups excluding tert-OH is 2. The number of benzene rings is 2. The monoisotopic (exact) mass is 697 g/mol. The van der Waals surface area contributed by atoms with Gasteiger partial charge in [-0.15, -0.1) is 0 Å². The summed E-state index contributed by atoms with van der Waals surface area (Å²) in [5.41, 5.74) is -0.0929. The summed E-state index contributed by atoms with van der Waals surface area (Å²) in [5.74, 6) is -7.99. The summed E-state index contributed by atoms with van der Waals surface area (Å²) >= 11 is 0. The smallest absolute Gasteiger partial charge is 0.312 e. The fourth-order valence-corrected chi connectivity index (χ4v) is 6.65. The first-order valence-corrected chi connectivity index (χ1v) is 16.4. The molecule has 3 aliphatic heterocycles. The molecule has 2 aromatic carbocycles. The molecule has 50 heavy (non-hydrogen) atoms. The van der Waals surface area contributed by atoms with E-state index in [1.54, 1.807) is 39.8 Å². The van der Waals surface area contributed by atoms with Crippen molar-refractivity contribution in [3.63, 3.8) is 0 Å². The summed E-state index contributed by atoms with van der Waals surface area (Å²) in [5, 5.41) is 58.2. The zero-order valence-corrected chi connectivity index (χ0v) is 29.7. The third-order valence-electron chi connectivity index (χ3n) is 9.84. The van der Waals surface area contributed by atoms with Gasteiger partial charge in [-0.3, -0.25) is 14.4 Å². The number of carbonyl (C=O) groups is 3. The van der Waals surface area contributed by atoms with Crippen LogP contribution in [-0.4, -0.2) is 80.5 Å². The summed E-state index contributed by atoms with van der Waals surface area (Å²) in [6, 6.07) is 1.06. The van der Waals surface area contributed by atoms with E-state index in [1.807, 2.05) is 0 Å². The molecule has 0 saturated heterocycles. The van der Waals surface area contributed by atoms with Gasteiger partial charge in [-0.05, 0) is 19.9 Å². The maximum absolute atomic E-state index is 13.9. The fraction of sp³-hybridized carbons (Fsp3) is 0.486. The van der Waals surface area contributed by atoms with Crippen molar-refractivity contribution >= 4 is 34.1 Å². The van der Waals surface area contributed by atoms with Gasteiger partial charge in [0.15, 0.2) is 5.75 Å². The Morgan fingerprint density at radius 3 is 2.22 bits per heavy atom. The van der Waals surface area contributed by atoms with Gasteiger partial charge >= 0.3 is 11.8 Å². The average Bonchev–Trinajstić information content (AvgIpc) is 3.33. The molecule has 3 heterocycles. The number of carbonyl (C=O) groups excluding carboxylic acids is 3. The quantitative estimate of drug-likeness (QED) is 0.143. The van der Waals surface area contributed by atoms with Gasteiger partial charge in [0.1, 0.15) is 23.4 Å². The molecule has 272 valence electrons. The number of ketones is 1. The predicted molar refractivity (Wildman–Crippen MR) is 184 cm³/mol. The highest BCUT2D eigenvalue weighted by Gasteiger charge is 2.49. The van der Waals surface area contributed by atoms with E-state index in [4.69, 9.17) is 18.9 Å². The minimum Gasteiger partial charge on any atom is -0.507 e. The van der Waals surface area contributed by atoms with Gasteiger partial charge in [0, 0.05) is 67.2 Å². The summed E-state index contributed by atoms with van der Waals surface area (Å²) in [6.45, 7) is 12.5. The highest BCUT2D eigenvalue weighted by Crippen LogP contribution is 2.53. The molecule has 0 fully saturated rings. The van der Waals surface area contributed by atoms with E-state index in [2.05, 4.69) is 5.32 Å². The summed E-state index contributed by atoms with van der Waals surface area (Å²) in [7, 11) is 1.43. The Hall–Kier alpha value is -4.59. The van der Waals surface area contributed by atoms with E-state index in [1.165, 1.54) is 53.2 Å². The van der Waals surface area contributed by atoms with Crippen molar-refractivity contribution < 1.29 is 58.9 Å². The second-order valence-corrected chi connectivity index (χ2v) is 13.4. The number of Topliss-reactive ketones (excluding diaryl/α,β-unsaturated/α-hetero) is 1. The lowest BCUT2D eigenvalue weighted by atomic mass is 9.78. The highest BCUT2D eigenvalue weighted by atomic mass is 16.7. The van der Waals surface area contributed by atoms with Gasteiger partial charge in [-0.2, -0.15) is 0 Å². The van der Waals surface area contributed by atoms with Crippen molar-refractivity contribution in [2.24, 2.45) is 23.7 Å². The zero-order valence-electron chi connectivity index (χ0n) is 29.7. The number of allylic oxidation sites excluding steroid dienone is 2. The minimum absolute atomic E-state index is 0.0709. The molecule has 0 aromatic heterocycles. The number of phenolic OH excluding ortho intramolecular Hbond substituents is 3. The van der Waals surface area contributed by atoms with Crippen molar-refractivity contribution in [3.8, 4) is 23.0 Å². The number of anilines is 1. The average molecular weight is 698 g/mol. The van der Waals surface area contributed by atoms with E-state index in [0.29, 0.717) is 0 Å². The van der Waals surface area contributed by atoms with Crippen LogP contribution in [0.15, 0.2) is 42.2 Å². The second kappa shape index (κ2) is 14.7. The van der Waals surface area contributed by atoms with Crippen molar-refractivity contribution in [2.75, 3.05) is 12.4 Å². The van der Waals surface area contributed by atoms with E-state index in [-0.39, 0.29) is 38.9 Å². The zero-order chi connectivity index (χ0) is 37.4. The van der Waals surface area contributed by atoms with Crippen LogP contribution in [0.4, 0.5) is 5.69 Å². The molecule has 13 nitrogen and oxygen atoms in total. The van der Waals surface area contributed by atoms with Crippen LogP contribution in [0.3, 0.4) is 0 Å². The van der Waals surface area contributed by atoms with E-state index in [9.17, 15) is 39.9 Å². The molecule has 3 aliphatic rings. The molecular weight excluding hydrogens is 650 g/mol. The molecule has 0 aliphatic carbocycles. The number of amides is 1. The van der Waals surface area contributed by atoms with Gasteiger partial charge in [-0.25, -0.2) is 0 Å². The molecule has 0 saturated carbocycles. The first-order valence-electron chi connectivity index (χ1n) is 16.4. The molecule has 5 rings (SSSR count). The van der Waals surface area contributed by atoms with Crippen LogP contribution in [0, 0.1) is 30.6 Å². The number of nitrogens with one attached hydrogen (secondary N) is 1. The third kappa shape index (κ3) is 7.03. The van der Waals surface area contributed by atoms with E-state index in [0.717, 1.165) is 6.07 Å². The Labute approximate surface area is 290 Å². The van der Waals surface area contributed by atoms with Crippen LogP contribution >= 0.6 is 0 Å². The Balaban J connectivity index is 1.87. The summed E-state index contributed by atoms with van der Waals surface area (Å²) < 4.78 is 23.2. The fourth-order valence-electron chi connectivity index (χ4n) is 6.65. The Bertz CT molecular complexity index is 1760. The normalized spacial score (nSPS) is 30.9. The first kappa shape index (κ1) is 38.2. The number of ether oxygens (including phenoxy) is 4. The lowest BCUT2D eigenvalue weighted by Gasteiger charge is -2.38. The molecule has 2 aromatic rings. The second-order valence-electron chi connectivity index (χ2n) is 13.4. The molecule has 13 heteroatoms. The molecule has 1 amide bonds. The molecule has 6 N–H and O–H groups in total. The SMILES string of the molecule is COC1C=CO[C@@]2(C)Oc3c(C)c(O)c4c(O)c(cc(O)c4c3C2=O)NC(=O)C(C)=CC=CC(C)C(O)C(C)C(O)C(C)[C@H](OC(C)=O)C1C. The highest BCUT2D eigenvalue weighted by molar-refractivity contribution is 6.21. The Morgan fingerprint density at radius 2 is 1.60 bits per heavy atom. The maximum atomic E-state index is 13.9. The predicted octanol–water partition coefficient (Wildman–Crippen LogP) is 4.75. The van der Waals surface area contributed by atoms with Crippen LogP contribution in [0.2, 0.25) is 0 Å². The topological polar surface area (TPSA) is 201 Å². The van der Waals surface area contributed by atoms with Crippen LogP contribution in [-0.2, 0) is 23.8 Å². The number of rotatable bonds is 2. The number of aliphatic hydroxyl groups is 2. The number of methoxy groups -OCH3 is 1. The van der Waals surface area contributed by atoms with Crippen molar-refractivity contribution in [1.29, 1.82) is 0 Å². The van der Waals surface area contributed by atoms with Gasteiger partial charge in [-0.1, -0.05) is 45.9 Å². The first-order chi connectivity index (χ1) is 23.4. The lowest BCUT2D eigenvalue weighted by Crippen LogP contribution is -2.46. The third-order valence-corrected chi connectivity index (χ3v) is 9.84. The lowest BCUT2D eigenvalue weighted by molar-refractivity contribution is -0.160. The Kier molecular flexibility index (Phi) is 11.2. The van der Waals surface area contributed by atoms with Crippen molar-refractivity contribution in [2.45, 2.75) is 85.6 Å². The van der Waals surface area contributed by atoms with Crippen LogP contribution < -0.4 is 10.1 Å². The molecular formula is C37H47NO12. The standard InChI is InChI=1S/C37H47NO12/c1-16-11-10-12-17(2)36(46)38-23-15-24(40)26-27(32(23)44)31(43)21(6)34-28(26)35(45)37(8,50-34)48-14-13-25(47-9)18(3)33(49-22(7)39)20(5)30(42)19(4)29(16)41/h10-16,18-20,25,29-30,33,40-44H,1-9H3,(H,38,46)/t16?,18?,19?,20?,25?,29?,30?,33-,37+/m1/s1. The maximum Gasteiger partial charge on any atom is 0.312 e. The number of esters is 1. The van der Waals surface area contributed by atoms with Gasteiger partial charge in [0.2, 0.25) is 0 Å². The van der Waals surface area contributed by atoms with E-state index >= 15 is 0 Å². The van der Waals surface area contributed by atoms with Gasteiger partial charge in [0.05, 0.1) is 41.2 Å². The molecule has 9 atom stereocenters. The van der Waals surface area contributed by atoms with E-state index < -0.39 is 88.8 Å². The minimum atomic E-state index is -1.98. The van der Waals surface area contributed by atoms with Crippen molar-refractivity contribution in [1.82, 2.24) is 0 Å². The number of hydrogen-bond acceptors (Lipinski definition) is 12. The molecule has 7 unspecified atom stereocenters. The largest absolute Gasteiger partial charge is 0.507 e. The number of aromatic hydroxyl groups is 3. The van der Waals surface area contributed by atoms with Crippen LogP contribution in [0.5, 0.6) is 23.0 Å². The van der Waals surface area contributed by atoms with Crippen LogP contribution in [0.25, 0.3) is 10.8 Å². The number of phenols is 3. The molecule has 0 spiro atoms. The summed E-state index contributed by atoms with van der Waals surface area (Å²) in [4.78, 5) is 39.2. The Morgan fingerprint density at radius 1 is 0.940 bits per heavy atom. The van der Waals surface area contributed by atoms with Gasteiger partial charge in [0.25, 0.3) is 11.7 Å². The number of hydrogen-bond donors (Lipinski definition) is 6. The molecule has 0 radical (unpaired) electrons. The van der Waals surface area contributed by atoms with Gasteiger partial charge < -0.3 is 49.8 Å².